The summed E-state index contributed by atoms with van der Waals surface area (Å²) in [6.07, 6.45) is 0. The molecule has 0 unspecified atom stereocenters. The molecule has 3 N–H and O–H groups in total. The maximum Gasteiger partial charge on any atom is 0.256 e. The second kappa shape index (κ2) is 5.73. The highest BCUT2D eigenvalue weighted by molar-refractivity contribution is 6.40. The van der Waals surface area contributed by atoms with E-state index in [9.17, 15) is 4.79 Å². The molecule has 20 heavy (non-hydrogen) atoms. The molecule has 1 amide bonds. The van der Waals surface area contributed by atoms with E-state index in [0.29, 0.717) is 27.0 Å². The molecule has 5 heteroatoms. The smallest absolute Gasteiger partial charge is 0.256 e. The van der Waals surface area contributed by atoms with E-state index in [-0.39, 0.29) is 5.91 Å². The highest BCUT2D eigenvalue weighted by atomic mass is 35.5. The van der Waals surface area contributed by atoms with Crippen LogP contribution in [0.25, 0.3) is 0 Å². The molecule has 2 aromatic rings. The van der Waals surface area contributed by atoms with E-state index in [1.165, 1.54) is 0 Å². The van der Waals surface area contributed by atoms with Crippen molar-refractivity contribution in [3.63, 3.8) is 0 Å². The van der Waals surface area contributed by atoms with E-state index in [1.54, 1.807) is 18.2 Å². The topological polar surface area (TPSA) is 55.1 Å². The number of hydrogen-bond acceptors (Lipinski definition) is 2. The lowest BCUT2D eigenvalue weighted by molar-refractivity contribution is 0.102. The van der Waals surface area contributed by atoms with Crippen LogP contribution < -0.4 is 11.1 Å². The Morgan fingerprint density at radius 3 is 2.25 bits per heavy atom. The van der Waals surface area contributed by atoms with Gasteiger partial charge in [-0.1, -0.05) is 40.9 Å². The van der Waals surface area contributed by atoms with E-state index in [0.717, 1.165) is 11.1 Å². The number of halogens is 2. The molecule has 0 saturated carbocycles. The molecular formula is C15H14Cl2N2O. The number of nitrogens with two attached hydrogens (primary N) is 1. The van der Waals surface area contributed by atoms with Crippen LogP contribution in [0.15, 0.2) is 30.3 Å². The van der Waals surface area contributed by atoms with Crippen LogP contribution >= 0.6 is 23.2 Å². The second-order valence-electron chi connectivity index (χ2n) is 4.63. The third-order valence-corrected chi connectivity index (χ3v) is 3.53. The van der Waals surface area contributed by atoms with Crippen LogP contribution in [0.3, 0.4) is 0 Å². The first-order valence-electron chi connectivity index (χ1n) is 6.01. The fraction of sp³-hybridized carbons (Fsp3) is 0.133. The molecule has 0 aliphatic carbocycles. The van der Waals surface area contributed by atoms with Crippen molar-refractivity contribution in [1.82, 2.24) is 0 Å². The molecule has 0 heterocycles. The fourth-order valence-electron chi connectivity index (χ4n) is 1.96. The molecule has 0 saturated heterocycles. The first-order valence-corrected chi connectivity index (χ1v) is 6.77. The highest BCUT2D eigenvalue weighted by Crippen LogP contribution is 2.33. The van der Waals surface area contributed by atoms with Gasteiger partial charge in [0.1, 0.15) is 0 Å². The predicted molar refractivity (Wildman–Crippen MR) is 84.7 cm³/mol. The first kappa shape index (κ1) is 14.7. The van der Waals surface area contributed by atoms with Crippen LogP contribution in [0.2, 0.25) is 10.0 Å². The Labute approximate surface area is 127 Å². The van der Waals surface area contributed by atoms with Crippen LogP contribution in [0, 0.1) is 13.8 Å². The number of aryl methyl sites for hydroxylation is 2. The average molecular weight is 309 g/mol. The van der Waals surface area contributed by atoms with E-state index in [1.807, 2.05) is 26.0 Å². The van der Waals surface area contributed by atoms with Crippen LogP contribution in [0.1, 0.15) is 21.5 Å². The van der Waals surface area contributed by atoms with Crippen LogP contribution in [0.5, 0.6) is 0 Å². The van der Waals surface area contributed by atoms with Gasteiger partial charge in [0, 0.05) is 11.3 Å². The summed E-state index contributed by atoms with van der Waals surface area (Å²) in [6.45, 7) is 3.86. The maximum atomic E-state index is 12.3. The molecule has 0 fully saturated rings. The van der Waals surface area contributed by atoms with Crippen LogP contribution in [0.4, 0.5) is 11.4 Å². The monoisotopic (exact) mass is 308 g/mol. The van der Waals surface area contributed by atoms with Gasteiger partial charge in [-0.25, -0.2) is 0 Å². The van der Waals surface area contributed by atoms with Gasteiger partial charge in [-0.05, 0) is 37.6 Å². The van der Waals surface area contributed by atoms with Crippen molar-refractivity contribution in [2.45, 2.75) is 13.8 Å². The lowest BCUT2D eigenvalue weighted by Crippen LogP contribution is -2.14. The largest absolute Gasteiger partial charge is 0.399 e. The minimum atomic E-state index is -0.254. The van der Waals surface area contributed by atoms with Crippen molar-refractivity contribution in [3.05, 3.63) is 57.1 Å². The average Bonchev–Trinajstić information content (AvgIpc) is 2.33. The van der Waals surface area contributed by atoms with E-state index >= 15 is 0 Å². The quantitative estimate of drug-likeness (QED) is 0.806. The normalized spacial score (nSPS) is 10.4. The summed E-state index contributed by atoms with van der Waals surface area (Å²) in [5, 5.41) is 3.35. The standard InChI is InChI=1S/C15H14Cl2N2O/c1-8-3-4-11(9(2)5-8)15(20)19-14-12(16)6-10(18)7-13(14)17/h3-7H,18H2,1-2H3,(H,19,20). The molecule has 2 aromatic carbocycles. The van der Waals surface area contributed by atoms with Crippen molar-refractivity contribution in [1.29, 1.82) is 0 Å². The molecule has 0 aliphatic heterocycles. The Morgan fingerprint density at radius 2 is 1.70 bits per heavy atom. The number of amides is 1. The highest BCUT2D eigenvalue weighted by Gasteiger charge is 2.14. The fourth-order valence-corrected chi connectivity index (χ4v) is 2.56. The summed E-state index contributed by atoms with van der Waals surface area (Å²) in [5.74, 6) is -0.254. The number of carbonyl (C=O) groups excluding carboxylic acids is 1. The molecule has 0 aromatic heterocycles. The van der Waals surface area contributed by atoms with Gasteiger partial charge in [0.2, 0.25) is 0 Å². The van der Waals surface area contributed by atoms with Gasteiger partial charge >= 0.3 is 0 Å². The number of nitrogens with one attached hydrogen (secondary N) is 1. The third kappa shape index (κ3) is 3.06. The van der Waals surface area contributed by atoms with Gasteiger partial charge in [0.05, 0.1) is 15.7 Å². The van der Waals surface area contributed by atoms with Crippen molar-refractivity contribution in [2.24, 2.45) is 0 Å². The SMILES string of the molecule is Cc1ccc(C(=O)Nc2c(Cl)cc(N)cc2Cl)c(C)c1. The van der Waals surface area contributed by atoms with Gasteiger partial charge < -0.3 is 11.1 Å². The van der Waals surface area contributed by atoms with Crippen LogP contribution in [-0.2, 0) is 0 Å². The number of nitrogen functional groups attached to an aromatic ring is 1. The van der Waals surface area contributed by atoms with Crippen molar-refractivity contribution < 1.29 is 4.79 Å². The Balaban J connectivity index is 2.33. The van der Waals surface area contributed by atoms with Gasteiger partial charge in [0.15, 0.2) is 0 Å². The Morgan fingerprint density at radius 1 is 1.10 bits per heavy atom. The van der Waals surface area contributed by atoms with Gasteiger partial charge in [-0.2, -0.15) is 0 Å². The van der Waals surface area contributed by atoms with E-state index in [4.69, 9.17) is 28.9 Å². The maximum absolute atomic E-state index is 12.3. The van der Waals surface area contributed by atoms with Crippen LogP contribution in [-0.4, -0.2) is 5.91 Å². The summed E-state index contributed by atoms with van der Waals surface area (Å²) in [4.78, 5) is 12.3. The molecule has 2 rings (SSSR count). The van der Waals surface area contributed by atoms with Gasteiger partial charge in [0.25, 0.3) is 5.91 Å². The molecule has 0 aliphatic rings. The summed E-state index contributed by atoms with van der Waals surface area (Å²) in [5.41, 5.74) is 9.02. The minimum Gasteiger partial charge on any atom is -0.399 e. The minimum absolute atomic E-state index is 0.254. The summed E-state index contributed by atoms with van der Waals surface area (Å²) < 4.78 is 0. The number of anilines is 2. The zero-order chi connectivity index (χ0) is 14.9. The van der Waals surface area contributed by atoms with Gasteiger partial charge in [-0.3, -0.25) is 4.79 Å². The van der Waals surface area contributed by atoms with Crippen molar-refractivity contribution in [2.75, 3.05) is 11.1 Å². The molecular weight excluding hydrogens is 295 g/mol. The first-order chi connectivity index (χ1) is 9.38. The third-order valence-electron chi connectivity index (χ3n) is 2.93. The molecule has 104 valence electrons. The summed E-state index contributed by atoms with van der Waals surface area (Å²) >= 11 is 12.1. The van der Waals surface area contributed by atoms with E-state index < -0.39 is 0 Å². The van der Waals surface area contributed by atoms with Crippen molar-refractivity contribution in [3.8, 4) is 0 Å². The molecule has 0 radical (unpaired) electrons. The summed E-state index contributed by atoms with van der Waals surface area (Å²) in [7, 11) is 0. The van der Waals surface area contributed by atoms with E-state index in [2.05, 4.69) is 5.32 Å². The Hall–Kier alpha value is -1.71. The number of hydrogen-bond donors (Lipinski definition) is 2. The molecule has 0 spiro atoms. The number of benzene rings is 2. The van der Waals surface area contributed by atoms with Crippen molar-refractivity contribution >= 4 is 40.5 Å². The lowest BCUT2D eigenvalue weighted by Gasteiger charge is -2.12. The molecule has 0 bridgehead atoms. The Bertz CT molecular complexity index is 661. The second-order valence-corrected chi connectivity index (χ2v) is 5.45. The number of rotatable bonds is 2. The summed E-state index contributed by atoms with van der Waals surface area (Å²) in [6, 6.07) is 8.70. The lowest BCUT2D eigenvalue weighted by atomic mass is 10.1. The Kier molecular flexibility index (Phi) is 4.21. The zero-order valence-corrected chi connectivity index (χ0v) is 12.6. The molecule has 3 nitrogen and oxygen atoms in total. The molecule has 0 atom stereocenters. The van der Waals surface area contributed by atoms with Gasteiger partial charge in [-0.15, -0.1) is 0 Å². The zero-order valence-electron chi connectivity index (χ0n) is 11.1. The number of carbonyl (C=O) groups is 1. The predicted octanol–water partition coefficient (Wildman–Crippen LogP) is 4.44.